The fraction of sp³-hybridized carbons (Fsp3) is 0.286. The van der Waals surface area contributed by atoms with Crippen molar-refractivity contribution in [2.45, 2.75) is 13.5 Å². The van der Waals surface area contributed by atoms with Crippen molar-refractivity contribution in [2.24, 2.45) is 0 Å². The molecule has 3 aromatic rings. The maximum atomic E-state index is 14.0. The van der Waals surface area contributed by atoms with Crippen LogP contribution in [0, 0.1) is 18.6 Å². The fourth-order valence-electron chi connectivity index (χ4n) is 3.42. The highest BCUT2D eigenvalue weighted by atomic mass is 35.5. The largest absolute Gasteiger partial charge is 0.441 e. The van der Waals surface area contributed by atoms with Crippen LogP contribution in [0.5, 0.6) is 0 Å². The molecule has 1 aliphatic rings. The van der Waals surface area contributed by atoms with E-state index in [4.69, 9.17) is 16.0 Å². The van der Waals surface area contributed by atoms with E-state index in [1.54, 1.807) is 6.92 Å². The van der Waals surface area contributed by atoms with Gasteiger partial charge in [0.2, 0.25) is 5.89 Å². The Balaban J connectivity index is 1.44. The molecule has 0 spiro atoms. The molecule has 0 amide bonds. The van der Waals surface area contributed by atoms with E-state index in [9.17, 15) is 8.78 Å². The van der Waals surface area contributed by atoms with Gasteiger partial charge in [-0.05, 0) is 37.3 Å². The predicted octanol–water partition coefficient (Wildman–Crippen LogP) is 4.90. The SMILES string of the molecule is Cc1oc(-c2cc(F)ccc2F)nc1CN1CCN(c2ccccc2Cl)CC1. The third kappa shape index (κ3) is 3.88. The molecule has 0 bridgehead atoms. The number of oxazole rings is 1. The number of aryl methyl sites for hydroxylation is 1. The summed E-state index contributed by atoms with van der Waals surface area (Å²) < 4.78 is 33.1. The first-order valence-corrected chi connectivity index (χ1v) is 9.52. The molecule has 0 atom stereocenters. The molecule has 28 heavy (non-hydrogen) atoms. The van der Waals surface area contributed by atoms with Crippen LogP contribution >= 0.6 is 11.6 Å². The van der Waals surface area contributed by atoms with E-state index < -0.39 is 11.6 Å². The number of nitrogens with zero attached hydrogens (tertiary/aromatic N) is 3. The Morgan fingerprint density at radius 1 is 1.07 bits per heavy atom. The monoisotopic (exact) mass is 403 g/mol. The minimum atomic E-state index is -0.553. The zero-order valence-corrected chi connectivity index (χ0v) is 16.2. The van der Waals surface area contributed by atoms with Crippen LogP contribution in [0.1, 0.15) is 11.5 Å². The maximum Gasteiger partial charge on any atom is 0.229 e. The van der Waals surface area contributed by atoms with Crippen molar-refractivity contribution in [1.29, 1.82) is 0 Å². The normalized spacial score (nSPS) is 15.2. The van der Waals surface area contributed by atoms with Crippen molar-refractivity contribution >= 4 is 17.3 Å². The second-order valence-corrected chi connectivity index (χ2v) is 7.27. The van der Waals surface area contributed by atoms with Gasteiger partial charge >= 0.3 is 0 Å². The predicted molar refractivity (Wildman–Crippen MR) is 106 cm³/mol. The van der Waals surface area contributed by atoms with Crippen LogP contribution < -0.4 is 4.90 Å². The van der Waals surface area contributed by atoms with Crippen molar-refractivity contribution in [3.05, 3.63) is 70.6 Å². The Morgan fingerprint density at radius 2 is 1.82 bits per heavy atom. The lowest BCUT2D eigenvalue weighted by atomic mass is 10.2. The van der Waals surface area contributed by atoms with Gasteiger partial charge in [0.15, 0.2) is 0 Å². The summed E-state index contributed by atoms with van der Waals surface area (Å²) in [5, 5.41) is 0.755. The first-order valence-electron chi connectivity index (χ1n) is 9.15. The Hall–Kier alpha value is -2.44. The summed E-state index contributed by atoms with van der Waals surface area (Å²) >= 11 is 6.29. The van der Waals surface area contributed by atoms with E-state index in [1.165, 1.54) is 0 Å². The third-order valence-corrected chi connectivity index (χ3v) is 5.31. The van der Waals surface area contributed by atoms with E-state index >= 15 is 0 Å². The van der Waals surface area contributed by atoms with E-state index in [2.05, 4.69) is 14.8 Å². The van der Waals surface area contributed by atoms with Crippen molar-refractivity contribution in [1.82, 2.24) is 9.88 Å². The summed E-state index contributed by atoms with van der Waals surface area (Å²) in [4.78, 5) is 8.95. The van der Waals surface area contributed by atoms with Gasteiger partial charge in [0, 0.05) is 32.7 Å². The average molecular weight is 404 g/mol. The zero-order valence-electron chi connectivity index (χ0n) is 15.5. The smallest absolute Gasteiger partial charge is 0.229 e. The maximum absolute atomic E-state index is 14.0. The van der Waals surface area contributed by atoms with Crippen LogP contribution in [-0.2, 0) is 6.54 Å². The highest BCUT2D eigenvalue weighted by molar-refractivity contribution is 6.33. The first-order chi connectivity index (χ1) is 13.5. The molecule has 0 radical (unpaired) electrons. The van der Waals surface area contributed by atoms with Crippen LogP contribution in [0.3, 0.4) is 0 Å². The van der Waals surface area contributed by atoms with Crippen LogP contribution in [0.15, 0.2) is 46.9 Å². The second kappa shape index (κ2) is 7.89. The zero-order chi connectivity index (χ0) is 19.7. The average Bonchev–Trinajstić information content (AvgIpc) is 3.05. The molecule has 0 N–H and O–H groups in total. The summed E-state index contributed by atoms with van der Waals surface area (Å²) in [6, 6.07) is 11.1. The molecule has 146 valence electrons. The lowest BCUT2D eigenvalue weighted by Crippen LogP contribution is -2.46. The summed E-state index contributed by atoms with van der Waals surface area (Å²) in [6.45, 7) is 5.80. The van der Waals surface area contributed by atoms with Crippen molar-refractivity contribution < 1.29 is 13.2 Å². The Morgan fingerprint density at radius 3 is 2.57 bits per heavy atom. The quantitative estimate of drug-likeness (QED) is 0.620. The molecule has 4 nitrogen and oxygen atoms in total. The molecular weight excluding hydrogens is 384 g/mol. The fourth-order valence-corrected chi connectivity index (χ4v) is 3.67. The van der Waals surface area contributed by atoms with Gasteiger partial charge in [-0.3, -0.25) is 4.90 Å². The number of benzene rings is 2. The van der Waals surface area contributed by atoms with Gasteiger partial charge in [0.1, 0.15) is 17.4 Å². The first kappa shape index (κ1) is 18.9. The molecule has 0 saturated carbocycles. The number of halogens is 3. The molecule has 1 saturated heterocycles. The molecule has 2 heterocycles. The summed E-state index contributed by atoms with van der Waals surface area (Å²) in [5.74, 6) is -0.349. The number of para-hydroxylation sites is 1. The molecule has 1 aromatic heterocycles. The Bertz CT molecular complexity index is 984. The Kier molecular flexibility index (Phi) is 5.33. The highest BCUT2D eigenvalue weighted by Gasteiger charge is 2.22. The molecular formula is C21H20ClF2N3O. The van der Waals surface area contributed by atoms with Crippen LogP contribution in [0.2, 0.25) is 5.02 Å². The van der Waals surface area contributed by atoms with Crippen molar-refractivity contribution in [3.63, 3.8) is 0 Å². The molecule has 0 aliphatic carbocycles. The minimum absolute atomic E-state index is 0.0397. The molecule has 1 fully saturated rings. The van der Waals surface area contributed by atoms with E-state index in [1.807, 2.05) is 24.3 Å². The minimum Gasteiger partial charge on any atom is -0.441 e. The number of anilines is 1. The number of rotatable bonds is 4. The number of aromatic nitrogens is 1. The van der Waals surface area contributed by atoms with Crippen LogP contribution in [-0.4, -0.2) is 36.1 Å². The van der Waals surface area contributed by atoms with Crippen LogP contribution in [0.25, 0.3) is 11.5 Å². The van der Waals surface area contributed by atoms with Crippen molar-refractivity contribution in [3.8, 4) is 11.5 Å². The van der Waals surface area contributed by atoms with Crippen LogP contribution in [0.4, 0.5) is 14.5 Å². The number of hydrogen-bond donors (Lipinski definition) is 0. The van der Waals surface area contributed by atoms with Gasteiger partial charge < -0.3 is 9.32 Å². The van der Waals surface area contributed by atoms with E-state index in [0.29, 0.717) is 12.3 Å². The highest BCUT2D eigenvalue weighted by Crippen LogP contribution is 2.28. The lowest BCUT2D eigenvalue weighted by Gasteiger charge is -2.36. The lowest BCUT2D eigenvalue weighted by molar-refractivity contribution is 0.246. The molecule has 7 heteroatoms. The standard InChI is InChI=1S/C21H20ClF2N3O/c1-14-19(25-21(28-14)16-12-15(23)6-7-18(16)24)13-26-8-10-27(11-9-26)20-5-3-2-4-17(20)22/h2-7,12H,8-11,13H2,1H3. The summed E-state index contributed by atoms with van der Waals surface area (Å²) in [6.07, 6.45) is 0. The second-order valence-electron chi connectivity index (χ2n) is 6.86. The molecule has 0 unspecified atom stereocenters. The molecule has 4 rings (SSSR count). The number of piperazine rings is 1. The van der Waals surface area contributed by atoms with Gasteiger partial charge in [-0.1, -0.05) is 23.7 Å². The Labute approximate surface area is 167 Å². The number of hydrogen-bond acceptors (Lipinski definition) is 4. The van der Waals surface area contributed by atoms with Gasteiger partial charge in [-0.2, -0.15) is 0 Å². The molecule has 2 aromatic carbocycles. The van der Waals surface area contributed by atoms with Crippen molar-refractivity contribution in [2.75, 3.05) is 31.1 Å². The summed E-state index contributed by atoms with van der Waals surface area (Å²) in [7, 11) is 0. The molecule has 1 aliphatic heterocycles. The van der Waals surface area contributed by atoms with Gasteiger partial charge in [0.25, 0.3) is 0 Å². The van der Waals surface area contributed by atoms with Gasteiger partial charge in [-0.15, -0.1) is 0 Å². The van der Waals surface area contributed by atoms with E-state index in [0.717, 1.165) is 60.8 Å². The summed E-state index contributed by atoms with van der Waals surface area (Å²) in [5.41, 5.74) is 1.83. The van der Waals surface area contributed by atoms with Gasteiger partial charge in [-0.25, -0.2) is 13.8 Å². The third-order valence-electron chi connectivity index (χ3n) is 4.99. The van der Waals surface area contributed by atoms with E-state index in [-0.39, 0.29) is 11.5 Å². The topological polar surface area (TPSA) is 32.5 Å². The van der Waals surface area contributed by atoms with Gasteiger partial charge in [0.05, 0.1) is 22.0 Å².